The number of para-hydroxylation sites is 1. The lowest BCUT2D eigenvalue weighted by Crippen LogP contribution is -2.34. The van der Waals surface area contributed by atoms with Crippen LogP contribution in [0.5, 0.6) is 5.75 Å². The van der Waals surface area contributed by atoms with Gasteiger partial charge in [0, 0.05) is 10.4 Å². The number of carbonyl (C=O) groups is 1. The lowest BCUT2D eigenvalue weighted by atomic mass is 9.89. The molecule has 0 unspecified atom stereocenters. The molecule has 8 heteroatoms. The lowest BCUT2D eigenvalue weighted by molar-refractivity contribution is -0.123. The van der Waals surface area contributed by atoms with E-state index in [0.29, 0.717) is 16.9 Å². The Hall–Kier alpha value is -3.00. The molecule has 0 saturated carbocycles. The summed E-state index contributed by atoms with van der Waals surface area (Å²) in [5.41, 5.74) is 3.83. The van der Waals surface area contributed by atoms with Gasteiger partial charge in [-0.05, 0) is 49.8 Å². The summed E-state index contributed by atoms with van der Waals surface area (Å²) in [4.78, 5) is 32.0. The standard InChI is InChI=1S/C21H22N4O3S/c1-12-7-8-15-17(9-12)29-20-18(15)21(28)25(11-22-20)13(2)19(27)24-23-10-14-5-3-4-6-16(14)26/h3-6,10-13,26H,7-9H2,1-2H3,(H,24,27)/t12-,13+/m1/s1. The molecular weight excluding hydrogens is 388 g/mol. The molecule has 1 aliphatic carbocycles. The second-order valence-corrected chi connectivity index (χ2v) is 8.54. The fraction of sp³-hybridized carbons (Fsp3) is 0.333. The van der Waals surface area contributed by atoms with Crippen molar-refractivity contribution in [1.29, 1.82) is 0 Å². The van der Waals surface area contributed by atoms with Crippen LogP contribution in [0.4, 0.5) is 0 Å². The van der Waals surface area contributed by atoms with Crippen LogP contribution < -0.4 is 11.0 Å². The molecule has 2 aromatic heterocycles. The number of carbonyl (C=O) groups excluding carboxylic acids is 1. The number of hydrogen-bond acceptors (Lipinski definition) is 6. The number of nitrogens with zero attached hydrogens (tertiary/aromatic N) is 3. The van der Waals surface area contributed by atoms with Crippen molar-refractivity contribution in [3.63, 3.8) is 0 Å². The van der Waals surface area contributed by atoms with Crippen molar-refractivity contribution in [1.82, 2.24) is 15.0 Å². The van der Waals surface area contributed by atoms with Crippen molar-refractivity contribution < 1.29 is 9.90 Å². The van der Waals surface area contributed by atoms with Crippen molar-refractivity contribution in [3.05, 3.63) is 57.0 Å². The fourth-order valence-corrected chi connectivity index (χ4v) is 4.94. The molecular formula is C21H22N4O3S. The Morgan fingerprint density at radius 3 is 3.03 bits per heavy atom. The first kappa shape index (κ1) is 19.3. The van der Waals surface area contributed by atoms with E-state index in [-0.39, 0.29) is 11.3 Å². The van der Waals surface area contributed by atoms with Crippen molar-refractivity contribution >= 4 is 33.7 Å². The van der Waals surface area contributed by atoms with Gasteiger partial charge in [-0.15, -0.1) is 11.3 Å². The second-order valence-electron chi connectivity index (χ2n) is 7.46. The second kappa shape index (κ2) is 7.79. The van der Waals surface area contributed by atoms with Crippen LogP contribution in [0.2, 0.25) is 0 Å². The molecule has 0 fully saturated rings. The third-order valence-corrected chi connectivity index (χ3v) is 6.52. The normalized spacial score (nSPS) is 17.4. The van der Waals surface area contributed by atoms with E-state index in [1.807, 2.05) is 0 Å². The number of fused-ring (bicyclic) bond motifs is 3. The number of rotatable bonds is 4. The number of hydrogen-bond donors (Lipinski definition) is 2. The number of hydrazone groups is 1. The molecule has 0 radical (unpaired) electrons. The topological polar surface area (TPSA) is 96.6 Å². The molecule has 3 aromatic rings. The van der Waals surface area contributed by atoms with Crippen LogP contribution in [-0.4, -0.2) is 26.8 Å². The van der Waals surface area contributed by atoms with Gasteiger partial charge in [0.1, 0.15) is 16.6 Å². The van der Waals surface area contributed by atoms with Gasteiger partial charge in [0.15, 0.2) is 0 Å². The van der Waals surface area contributed by atoms with Gasteiger partial charge in [-0.2, -0.15) is 5.10 Å². The predicted octanol–water partition coefficient (Wildman–Crippen LogP) is 3.00. The van der Waals surface area contributed by atoms with Crippen LogP contribution in [0.3, 0.4) is 0 Å². The quantitative estimate of drug-likeness (QED) is 0.510. The summed E-state index contributed by atoms with van der Waals surface area (Å²) in [5.74, 6) is 0.253. The molecule has 2 atom stereocenters. The SMILES string of the molecule is C[C@@H]1CCc2c(sc3ncn([C@@H](C)C(=O)NN=Cc4ccccc4O)c(=O)c23)C1. The maximum absolute atomic E-state index is 13.1. The van der Waals surface area contributed by atoms with Gasteiger partial charge >= 0.3 is 0 Å². The highest BCUT2D eigenvalue weighted by atomic mass is 32.1. The summed E-state index contributed by atoms with van der Waals surface area (Å²) in [7, 11) is 0. The van der Waals surface area contributed by atoms with E-state index in [9.17, 15) is 14.7 Å². The molecule has 1 aliphatic rings. The molecule has 4 rings (SSSR count). The third-order valence-electron chi connectivity index (χ3n) is 5.35. The minimum absolute atomic E-state index is 0.0703. The van der Waals surface area contributed by atoms with Gasteiger partial charge in [-0.25, -0.2) is 10.4 Å². The molecule has 2 heterocycles. The van der Waals surface area contributed by atoms with E-state index in [4.69, 9.17) is 0 Å². The zero-order valence-electron chi connectivity index (χ0n) is 16.3. The Morgan fingerprint density at radius 2 is 2.24 bits per heavy atom. The van der Waals surface area contributed by atoms with E-state index < -0.39 is 11.9 Å². The van der Waals surface area contributed by atoms with Crippen LogP contribution >= 0.6 is 11.3 Å². The number of amides is 1. The van der Waals surface area contributed by atoms with Gasteiger partial charge < -0.3 is 5.11 Å². The minimum Gasteiger partial charge on any atom is -0.507 e. The first-order valence-corrected chi connectivity index (χ1v) is 10.4. The Bertz CT molecular complexity index is 1160. The fourth-order valence-electron chi connectivity index (χ4n) is 3.60. The Balaban J connectivity index is 1.57. The molecule has 0 saturated heterocycles. The summed E-state index contributed by atoms with van der Waals surface area (Å²) >= 11 is 1.59. The molecule has 0 aliphatic heterocycles. The largest absolute Gasteiger partial charge is 0.507 e. The highest BCUT2D eigenvalue weighted by molar-refractivity contribution is 7.18. The third kappa shape index (κ3) is 3.67. The average molecular weight is 410 g/mol. The number of nitrogens with one attached hydrogen (secondary N) is 1. The van der Waals surface area contributed by atoms with Crippen LogP contribution in [0, 0.1) is 5.92 Å². The number of phenols is 1. The number of aromatic hydroxyl groups is 1. The predicted molar refractivity (Wildman–Crippen MR) is 114 cm³/mol. The van der Waals surface area contributed by atoms with E-state index >= 15 is 0 Å². The van der Waals surface area contributed by atoms with Crippen LogP contribution in [0.15, 0.2) is 40.5 Å². The molecule has 1 amide bonds. The molecule has 2 N–H and O–H groups in total. The van der Waals surface area contributed by atoms with Crippen LogP contribution in [0.25, 0.3) is 10.2 Å². The molecule has 150 valence electrons. The number of benzene rings is 1. The van der Waals surface area contributed by atoms with E-state index in [1.165, 1.54) is 28.1 Å². The zero-order valence-corrected chi connectivity index (χ0v) is 17.1. The van der Waals surface area contributed by atoms with Gasteiger partial charge in [0.05, 0.1) is 17.9 Å². The number of aryl methyl sites for hydroxylation is 1. The summed E-state index contributed by atoms with van der Waals surface area (Å²) in [6, 6.07) is 5.91. The number of aromatic nitrogens is 2. The van der Waals surface area contributed by atoms with Crippen molar-refractivity contribution in [2.24, 2.45) is 11.0 Å². The number of phenolic OH excluding ortho intramolecular Hbond substituents is 1. The zero-order chi connectivity index (χ0) is 20.5. The first-order chi connectivity index (χ1) is 14.0. The van der Waals surface area contributed by atoms with E-state index in [1.54, 1.807) is 36.5 Å². The van der Waals surface area contributed by atoms with Gasteiger partial charge in [0.25, 0.3) is 11.5 Å². The number of thiophene rings is 1. The monoisotopic (exact) mass is 410 g/mol. The van der Waals surface area contributed by atoms with Gasteiger partial charge in [-0.3, -0.25) is 14.2 Å². The minimum atomic E-state index is -0.765. The molecule has 0 bridgehead atoms. The maximum Gasteiger partial charge on any atom is 0.263 e. The van der Waals surface area contributed by atoms with Gasteiger partial charge in [0.2, 0.25) is 0 Å². The molecule has 0 spiro atoms. The van der Waals surface area contributed by atoms with Crippen molar-refractivity contribution in [2.45, 2.75) is 39.2 Å². The first-order valence-electron chi connectivity index (χ1n) is 9.58. The molecule has 29 heavy (non-hydrogen) atoms. The smallest absolute Gasteiger partial charge is 0.263 e. The average Bonchev–Trinajstić information content (AvgIpc) is 3.07. The lowest BCUT2D eigenvalue weighted by Gasteiger charge is -2.18. The van der Waals surface area contributed by atoms with Crippen molar-refractivity contribution in [3.8, 4) is 5.75 Å². The summed E-state index contributed by atoms with van der Waals surface area (Å²) in [5, 5.41) is 14.3. The highest BCUT2D eigenvalue weighted by Crippen LogP contribution is 2.35. The van der Waals surface area contributed by atoms with E-state index in [2.05, 4.69) is 22.4 Å². The Morgan fingerprint density at radius 1 is 1.45 bits per heavy atom. The summed E-state index contributed by atoms with van der Waals surface area (Å²) in [6.45, 7) is 3.86. The van der Waals surface area contributed by atoms with Crippen molar-refractivity contribution in [2.75, 3.05) is 0 Å². The van der Waals surface area contributed by atoms with Crippen LogP contribution in [0.1, 0.15) is 42.3 Å². The van der Waals surface area contributed by atoms with Gasteiger partial charge in [-0.1, -0.05) is 19.1 Å². The van der Waals surface area contributed by atoms with E-state index in [0.717, 1.165) is 29.7 Å². The molecule has 1 aromatic carbocycles. The Labute approximate surface area is 171 Å². The summed E-state index contributed by atoms with van der Waals surface area (Å²) in [6.07, 6.45) is 5.72. The maximum atomic E-state index is 13.1. The molecule has 7 nitrogen and oxygen atoms in total. The highest BCUT2D eigenvalue weighted by Gasteiger charge is 2.25. The summed E-state index contributed by atoms with van der Waals surface area (Å²) < 4.78 is 1.36. The van der Waals surface area contributed by atoms with Crippen LogP contribution in [-0.2, 0) is 17.6 Å². The Kier molecular flexibility index (Phi) is 5.19.